The van der Waals surface area contributed by atoms with Crippen molar-refractivity contribution in [1.82, 2.24) is 15.0 Å². The molecule has 0 spiro atoms. The van der Waals surface area contributed by atoms with Crippen molar-refractivity contribution in [3.8, 4) is 0 Å². The van der Waals surface area contributed by atoms with Gasteiger partial charge in [0.1, 0.15) is 16.4 Å². The van der Waals surface area contributed by atoms with Crippen molar-refractivity contribution in [2.45, 2.75) is 30.0 Å². The van der Waals surface area contributed by atoms with E-state index in [1.807, 2.05) is 46.9 Å². The zero-order chi connectivity index (χ0) is 13.8. The van der Waals surface area contributed by atoms with Gasteiger partial charge in [-0.05, 0) is 30.7 Å². The molecule has 0 bridgehead atoms. The molecule has 0 aliphatic carbocycles. The highest BCUT2D eigenvalue weighted by Gasteiger charge is 2.15. The van der Waals surface area contributed by atoms with Crippen LogP contribution in [0.5, 0.6) is 0 Å². The molecule has 0 aliphatic rings. The smallest absolute Gasteiger partial charge is 0.121 e. The molecule has 1 atom stereocenters. The molecule has 4 heteroatoms. The summed E-state index contributed by atoms with van der Waals surface area (Å²) < 4.78 is 0. The molecule has 20 heavy (non-hydrogen) atoms. The van der Waals surface area contributed by atoms with E-state index in [9.17, 15) is 0 Å². The number of benzene rings is 2. The molecule has 1 heterocycles. The Hall–Kier alpha value is -1.81. The van der Waals surface area contributed by atoms with Gasteiger partial charge >= 0.3 is 0 Å². The SMILES string of the molecule is CCCC(Sc1ccccc1)n1nc2ccccc2n1. The van der Waals surface area contributed by atoms with Crippen LogP contribution in [0, 0.1) is 0 Å². The molecule has 0 N–H and O–H groups in total. The number of hydrogen-bond acceptors (Lipinski definition) is 3. The van der Waals surface area contributed by atoms with Gasteiger partial charge in [-0.15, -0.1) is 0 Å². The average Bonchev–Trinajstić information content (AvgIpc) is 2.92. The Labute approximate surface area is 123 Å². The monoisotopic (exact) mass is 283 g/mol. The van der Waals surface area contributed by atoms with Gasteiger partial charge in [0, 0.05) is 4.90 Å². The van der Waals surface area contributed by atoms with Crippen molar-refractivity contribution < 1.29 is 0 Å². The Morgan fingerprint density at radius 1 is 0.950 bits per heavy atom. The van der Waals surface area contributed by atoms with Gasteiger partial charge in [0.05, 0.1) is 0 Å². The summed E-state index contributed by atoms with van der Waals surface area (Å²) in [6.45, 7) is 2.20. The fraction of sp³-hybridized carbons (Fsp3) is 0.250. The largest absolute Gasteiger partial charge is 0.170 e. The molecule has 0 saturated carbocycles. The summed E-state index contributed by atoms with van der Waals surface area (Å²) in [4.78, 5) is 3.12. The molecule has 0 amide bonds. The first-order valence-electron chi connectivity index (χ1n) is 6.90. The lowest BCUT2D eigenvalue weighted by molar-refractivity contribution is 0.499. The van der Waals surface area contributed by atoms with Crippen LogP contribution in [-0.2, 0) is 0 Å². The Balaban J connectivity index is 1.89. The van der Waals surface area contributed by atoms with Gasteiger partial charge < -0.3 is 0 Å². The summed E-state index contributed by atoms with van der Waals surface area (Å²) >= 11 is 1.82. The van der Waals surface area contributed by atoms with Crippen LogP contribution in [0.25, 0.3) is 11.0 Å². The molecular weight excluding hydrogens is 266 g/mol. The molecule has 0 saturated heterocycles. The van der Waals surface area contributed by atoms with Crippen LogP contribution in [0.1, 0.15) is 25.1 Å². The van der Waals surface area contributed by atoms with Crippen molar-refractivity contribution in [2.24, 2.45) is 0 Å². The van der Waals surface area contributed by atoms with Gasteiger partial charge in [-0.1, -0.05) is 55.4 Å². The third kappa shape index (κ3) is 2.85. The maximum absolute atomic E-state index is 4.61. The van der Waals surface area contributed by atoms with Crippen LogP contribution >= 0.6 is 11.8 Å². The second-order valence-corrected chi connectivity index (χ2v) is 5.93. The number of rotatable bonds is 5. The number of thioether (sulfide) groups is 1. The van der Waals surface area contributed by atoms with Crippen molar-refractivity contribution in [3.63, 3.8) is 0 Å². The van der Waals surface area contributed by atoms with Gasteiger partial charge in [0.15, 0.2) is 0 Å². The number of fused-ring (bicyclic) bond motifs is 1. The summed E-state index contributed by atoms with van der Waals surface area (Å²) in [5, 5.41) is 9.47. The maximum atomic E-state index is 4.61. The van der Waals surface area contributed by atoms with Gasteiger partial charge in [0.2, 0.25) is 0 Å². The molecule has 3 rings (SSSR count). The lowest BCUT2D eigenvalue weighted by atomic mass is 10.3. The molecule has 2 aromatic carbocycles. The summed E-state index contributed by atoms with van der Waals surface area (Å²) in [7, 11) is 0. The van der Waals surface area contributed by atoms with E-state index in [0.29, 0.717) is 0 Å². The molecule has 0 aliphatic heterocycles. The Kier molecular flexibility index (Phi) is 4.02. The van der Waals surface area contributed by atoms with Crippen molar-refractivity contribution in [3.05, 3.63) is 54.6 Å². The second kappa shape index (κ2) is 6.09. The van der Waals surface area contributed by atoms with Gasteiger partial charge in [-0.25, -0.2) is 0 Å². The van der Waals surface area contributed by atoms with E-state index in [2.05, 4.69) is 41.4 Å². The van der Waals surface area contributed by atoms with E-state index in [1.165, 1.54) is 4.90 Å². The molecule has 1 unspecified atom stereocenters. The van der Waals surface area contributed by atoms with E-state index in [1.54, 1.807) is 0 Å². The highest BCUT2D eigenvalue weighted by atomic mass is 32.2. The van der Waals surface area contributed by atoms with Crippen LogP contribution in [0.4, 0.5) is 0 Å². The highest BCUT2D eigenvalue weighted by Crippen LogP contribution is 2.33. The average molecular weight is 283 g/mol. The van der Waals surface area contributed by atoms with Crippen LogP contribution in [0.2, 0.25) is 0 Å². The van der Waals surface area contributed by atoms with Gasteiger partial charge in [-0.2, -0.15) is 15.0 Å². The lowest BCUT2D eigenvalue weighted by Gasteiger charge is -2.14. The molecule has 0 fully saturated rings. The van der Waals surface area contributed by atoms with Gasteiger partial charge in [-0.3, -0.25) is 0 Å². The van der Waals surface area contributed by atoms with E-state index in [0.717, 1.165) is 23.9 Å². The van der Waals surface area contributed by atoms with Crippen molar-refractivity contribution in [1.29, 1.82) is 0 Å². The van der Waals surface area contributed by atoms with Gasteiger partial charge in [0.25, 0.3) is 0 Å². The first-order valence-corrected chi connectivity index (χ1v) is 7.78. The predicted octanol–water partition coefficient (Wildman–Crippen LogP) is 4.52. The summed E-state index contributed by atoms with van der Waals surface area (Å²) in [5.41, 5.74) is 1.92. The Morgan fingerprint density at radius 3 is 2.15 bits per heavy atom. The molecule has 3 nitrogen and oxygen atoms in total. The highest BCUT2D eigenvalue weighted by molar-refractivity contribution is 7.99. The molecule has 102 valence electrons. The third-order valence-electron chi connectivity index (χ3n) is 3.11. The Bertz CT molecular complexity index is 645. The zero-order valence-electron chi connectivity index (χ0n) is 11.4. The fourth-order valence-corrected chi connectivity index (χ4v) is 3.30. The molecule has 3 aromatic rings. The normalized spacial score (nSPS) is 12.7. The van der Waals surface area contributed by atoms with Crippen LogP contribution in [0.15, 0.2) is 59.5 Å². The maximum Gasteiger partial charge on any atom is 0.121 e. The topological polar surface area (TPSA) is 30.7 Å². The van der Waals surface area contributed by atoms with E-state index < -0.39 is 0 Å². The molecule has 0 radical (unpaired) electrons. The van der Waals surface area contributed by atoms with E-state index >= 15 is 0 Å². The lowest BCUT2D eigenvalue weighted by Crippen LogP contribution is -2.08. The van der Waals surface area contributed by atoms with E-state index in [4.69, 9.17) is 0 Å². The minimum absolute atomic E-state index is 0.245. The quantitative estimate of drug-likeness (QED) is 0.645. The van der Waals surface area contributed by atoms with Crippen LogP contribution < -0.4 is 0 Å². The predicted molar refractivity (Wildman–Crippen MR) is 83.8 cm³/mol. The Morgan fingerprint density at radius 2 is 1.55 bits per heavy atom. The molecular formula is C16H17N3S. The minimum Gasteiger partial charge on any atom is -0.170 e. The van der Waals surface area contributed by atoms with E-state index in [-0.39, 0.29) is 5.37 Å². The first-order chi connectivity index (χ1) is 9.86. The third-order valence-corrected chi connectivity index (χ3v) is 4.35. The summed E-state index contributed by atoms with van der Waals surface area (Å²) in [5.74, 6) is 0. The number of hydrogen-bond donors (Lipinski definition) is 0. The second-order valence-electron chi connectivity index (χ2n) is 4.68. The summed E-state index contributed by atoms with van der Waals surface area (Å²) in [6.07, 6.45) is 2.17. The standard InChI is InChI=1S/C16H17N3S/c1-2-8-16(20-13-9-4-3-5-10-13)19-17-14-11-6-7-12-15(14)18-19/h3-7,9-12,16H,2,8H2,1H3. The summed E-state index contributed by atoms with van der Waals surface area (Å²) in [6, 6.07) is 18.5. The number of nitrogens with zero attached hydrogens (tertiary/aromatic N) is 3. The van der Waals surface area contributed by atoms with Crippen molar-refractivity contribution in [2.75, 3.05) is 0 Å². The van der Waals surface area contributed by atoms with Crippen LogP contribution in [-0.4, -0.2) is 15.0 Å². The number of aromatic nitrogens is 3. The van der Waals surface area contributed by atoms with Crippen LogP contribution in [0.3, 0.4) is 0 Å². The minimum atomic E-state index is 0.245. The fourth-order valence-electron chi connectivity index (χ4n) is 2.13. The first kappa shape index (κ1) is 13.2. The zero-order valence-corrected chi connectivity index (χ0v) is 12.3. The molecule has 1 aromatic heterocycles. The van der Waals surface area contributed by atoms with Crippen molar-refractivity contribution >= 4 is 22.8 Å².